The Kier molecular flexibility index (Phi) is 3.86. The average Bonchev–Trinajstić information content (AvgIpc) is 3.31. The fourth-order valence-corrected chi connectivity index (χ4v) is 4.55. The standard InChI is InChI=1S/C25H18BNO2/c1-3-10-21-18(8-1)24(20-13-14-27-23-12-6-5-7-17(20)23)19-9-2-4-11-22(19)25(21)26-28-15-16-29-26/h1-14H,15-16H2. The van der Waals surface area contributed by atoms with Gasteiger partial charge in [-0.15, -0.1) is 0 Å². The molecule has 0 spiro atoms. The van der Waals surface area contributed by atoms with Gasteiger partial charge in [-0.25, -0.2) is 0 Å². The Morgan fingerprint density at radius 1 is 0.621 bits per heavy atom. The van der Waals surface area contributed by atoms with Crippen molar-refractivity contribution in [2.75, 3.05) is 13.2 Å². The van der Waals surface area contributed by atoms with E-state index in [2.05, 4.69) is 77.8 Å². The smallest absolute Gasteiger partial charge is 0.405 e. The van der Waals surface area contributed by atoms with Gasteiger partial charge in [-0.2, -0.15) is 0 Å². The first-order chi connectivity index (χ1) is 14.4. The lowest BCUT2D eigenvalue weighted by Gasteiger charge is -2.19. The highest BCUT2D eigenvalue weighted by Gasteiger charge is 2.31. The van der Waals surface area contributed by atoms with Gasteiger partial charge >= 0.3 is 7.12 Å². The molecule has 1 fully saturated rings. The van der Waals surface area contributed by atoms with E-state index >= 15 is 0 Å². The predicted octanol–water partition coefficient (Wildman–Crippen LogP) is 4.95. The molecule has 0 bridgehead atoms. The average molecular weight is 375 g/mol. The first kappa shape index (κ1) is 16.7. The molecule has 0 saturated carbocycles. The summed E-state index contributed by atoms with van der Waals surface area (Å²) < 4.78 is 11.9. The van der Waals surface area contributed by atoms with Crippen LogP contribution in [-0.2, 0) is 9.31 Å². The number of aromatic nitrogens is 1. The minimum Gasteiger partial charge on any atom is -0.405 e. The number of hydrogen-bond donors (Lipinski definition) is 0. The lowest BCUT2D eigenvalue weighted by Crippen LogP contribution is -2.33. The maximum absolute atomic E-state index is 5.94. The molecular weight excluding hydrogens is 357 g/mol. The molecule has 0 radical (unpaired) electrons. The Labute approximate surface area is 169 Å². The van der Waals surface area contributed by atoms with Crippen LogP contribution < -0.4 is 5.46 Å². The van der Waals surface area contributed by atoms with Gasteiger partial charge in [0.2, 0.25) is 0 Å². The molecule has 0 amide bonds. The van der Waals surface area contributed by atoms with Crippen LogP contribution in [0.4, 0.5) is 0 Å². The van der Waals surface area contributed by atoms with Crippen LogP contribution in [0.2, 0.25) is 0 Å². The third kappa shape index (κ3) is 2.57. The van der Waals surface area contributed by atoms with E-state index in [1.807, 2.05) is 12.3 Å². The zero-order chi connectivity index (χ0) is 19.2. The Morgan fingerprint density at radius 2 is 1.17 bits per heavy atom. The summed E-state index contributed by atoms with van der Waals surface area (Å²) in [4.78, 5) is 4.57. The molecule has 1 aliphatic rings. The molecule has 0 unspecified atom stereocenters. The van der Waals surface area contributed by atoms with Crippen molar-refractivity contribution >= 4 is 45.0 Å². The molecular formula is C25H18BNO2. The van der Waals surface area contributed by atoms with Crippen LogP contribution in [0.25, 0.3) is 43.6 Å². The van der Waals surface area contributed by atoms with E-state index in [4.69, 9.17) is 9.31 Å². The maximum atomic E-state index is 5.94. The fourth-order valence-electron chi connectivity index (χ4n) is 4.55. The monoisotopic (exact) mass is 375 g/mol. The van der Waals surface area contributed by atoms with Crippen molar-refractivity contribution in [3.63, 3.8) is 0 Å². The van der Waals surface area contributed by atoms with Crippen molar-refractivity contribution < 1.29 is 9.31 Å². The third-order valence-electron chi connectivity index (χ3n) is 5.75. The summed E-state index contributed by atoms with van der Waals surface area (Å²) in [6.07, 6.45) is 1.90. The van der Waals surface area contributed by atoms with Crippen LogP contribution in [0, 0.1) is 0 Å². The van der Waals surface area contributed by atoms with Gasteiger partial charge in [0.15, 0.2) is 0 Å². The molecule has 0 N–H and O–H groups in total. The van der Waals surface area contributed by atoms with Crippen LogP contribution >= 0.6 is 0 Å². The zero-order valence-electron chi connectivity index (χ0n) is 15.8. The molecule has 6 rings (SSSR count). The van der Waals surface area contributed by atoms with Crippen molar-refractivity contribution in [3.05, 3.63) is 85.1 Å². The van der Waals surface area contributed by atoms with Crippen LogP contribution in [-0.4, -0.2) is 25.3 Å². The number of rotatable bonds is 2. The summed E-state index contributed by atoms with van der Waals surface area (Å²) in [5, 5.41) is 5.92. The van der Waals surface area contributed by atoms with E-state index in [0.717, 1.165) is 16.4 Å². The minimum absolute atomic E-state index is 0.326. The van der Waals surface area contributed by atoms with Crippen LogP contribution in [0.5, 0.6) is 0 Å². The van der Waals surface area contributed by atoms with Crippen LogP contribution in [0.3, 0.4) is 0 Å². The van der Waals surface area contributed by atoms with E-state index in [0.29, 0.717) is 13.2 Å². The highest BCUT2D eigenvalue weighted by molar-refractivity contribution is 6.68. The third-order valence-corrected chi connectivity index (χ3v) is 5.75. The number of benzene rings is 4. The predicted molar refractivity (Wildman–Crippen MR) is 119 cm³/mol. The van der Waals surface area contributed by atoms with Gasteiger partial charge < -0.3 is 9.31 Å². The van der Waals surface area contributed by atoms with Crippen molar-refractivity contribution in [1.29, 1.82) is 0 Å². The van der Waals surface area contributed by atoms with Crippen LogP contribution in [0.1, 0.15) is 0 Å². The van der Waals surface area contributed by atoms with E-state index < -0.39 is 0 Å². The summed E-state index contributed by atoms with van der Waals surface area (Å²) >= 11 is 0. The Morgan fingerprint density at radius 3 is 1.83 bits per heavy atom. The van der Waals surface area contributed by atoms with Gasteiger partial charge in [-0.3, -0.25) is 4.98 Å². The summed E-state index contributed by atoms with van der Waals surface area (Å²) in [5.41, 5.74) is 4.56. The molecule has 5 aromatic rings. The number of fused-ring (bicyclic) bond motifs is 3. The molecule has 1 aliphatic heterocycles. The molecule has 4 heteroatoms. The van der Waals surface area contributed by atoms with Gasteiger partial charge in [0.1, 0.15) is 0 Å². The number of nitrogens with zero attached hydrogens (tertiary/aromatic N) is 1. The Balaban J connectivity index is 1.81. The van der Waals surface area contributed by atoms with Crippen molar-refractivity contribution in [3.8, 4) is 11.1 Å². The van der Waals surface area contributed by atoms with E-state index in [-0.39, 0.29) is 7.12 Å². The Hall–Kier alpha value is -3.21. The summed E-state index contributed by atoms with van der Waals surface area (Å²) in [5.74, 6) is 0. The topological polar surface area (TPSA) is 31.4 Å². The first-order valence-corrected chi connectivity index (χ1v) is 9.92. The van der Waals surface area contributed by atoms with E-state index in [1.165, 1.54) is 32.7 Å². The van der Waals surface area contributed by atoms with Crippen molar-refractivity contribution in [2.45, 2.75) is 0 Å². The largest absolute Gasteiger partial charge is 0.495 e. The van der Waals surface area contributed by atoms with E-state index in [1.54, 1.807) is 0 Å². The van der Waals surface area contributed by atoms with Crippen LogP contribution in [0.15, 0.2) is 85.1 Å². The molecule has 3 nitrogen and oxygen atoms in total. The van der Waals surface area contributed by atoms with Gasteiger partial charge in [-0.1, -0.05) is 66.7 Å². The van der Waals surface area contributed by atoms with Crippen molar-refractivity contribution in [1.82, 2.24) is 4.98 Å². The Bertz CT molecular complexity index is 1310. The fraction of sp³-hybridized carbons (Fsp3) is 0.0800. The summed E-state index contributed by atoms with van der Waals surface area (Å²) in [7, 11) is -0.326. The second kappa shape index (κ2) is 6.69. The zero-order valence-corrected chi connectivity index (χ0v) is 15.8. The number of hydrogen-bond acceptors (Lipinski definition) is 3. The minimum atomic E-state index is -0.326. The van der Waals surface area contributed by atoms with Gasteiger partial charge in [0.05, 0.1) is 18.7 Å². The highest BCUT2D eigenvalue weighted by Crippen LogP contribution is 2.38. The maximum Gasteiger partial charge on any atom is 0.495 e. The van der Waals surface area contributed by atoms with Gasteiger partial charge in [0, 0.05) is 11.6 Å². The molecule has 4 aromatic carbocycles. The molecule has 2 heterocycles. The normalized spacial score (nSPS) is 14.3. The first-order valence-electron chi connectivity index (χ1n) is 9.92. The molecule has 29 heavy (non-hydrogen) atoms. The molecule has 0 aliphatic carbocycles. The summed E-state index contributed by atoms with van der Waals surface area (Å²) in [6.45, 7) is 1.26. The lowest BCUT2D eigenvalue weighted by atomic mass is 9.71. The lowest BCUT2D eigenvalue weighted by molar-refractivity contribution is 0.365. The van der Waals surface area contributed by atoms with Crippen molar-refractivity contribution in [2.24, 2.45) is 0 Å². The molecule has 0 atom stereocenters. The summed E-state index contributed by atoms with van der Waals surface area (Å²) in [6, 6.07) is 27.6. The number of para-hydroxylation sites is 1. The van der Waals surface area contributed by atoms with E-state index in [9.17, 15) is 0 Å². The highest BCUT2D eigenvalue weighted by atomic mass is 16.6. The molecule has 138 valence electrons. The quantitative estimate of drug-likeness (QED) is 0.323. The molecule has 1 saturated heterocycles. The van der Waals surface area contributed by atoms with Gasteiger partial charge in [0.25, 0.3) is 0 Å². The second-order valence-electron chi connectivity index (χ2n) is 7.33. The SMILES string of the molecule is c1ccc2c(-c3c4ccccc4c(B4OCCO4)c4ccccc34)ccnc2c1. The van der Waals surface area contributed by atoms with Gasteiger partial charge in [-0.05, 0) is 50.3 Å². The molecule has 1 aromatic heterocycles. The number of pyridine rings is 1. The second-order valence-corrected chi connectivity index (χ2v) is 7.33.